The van der Waals surface area contributed by atoms with E-state index in [0.717, 1.165) is 41.0 Å². The lowest BCUT2D eigenvalue weighted by Crippen LogP contribution is -2.43. The van der Waals surface area contributed by atoms with E-state index < -0.39 is 5.60 Å². The van der Waals surface area contributed by atoms with Gasteiger partial charge in [0.05, 0.1) is 25.3 Å². The highest BCUT2D eigenvalue weighted by Crippen LogP contribution is 2.41. The Morgan fingerprint density at radius 3 is 2.25 bits per heavy atom. The number of benzene rings is 2. The van der Waals surface area contributed by atoms with Crippen LogP contribution in [0.3, 0.4) is 0 Å². The maximum absolute atomic E-state index is 11.3. The van der Waals surface area contributed by atoms with Gasteiger partial charge < -0.3 is 19.5 Å². The number of hydrogen-bond acceptors (Lipinski definition) is 6. The third-order valence-electron chi connectivity index (χ3n) is 6.94. The van der Waals surface area contributed by atoms with E-state index >= 15 is 0 Å². The van der Waals surface area contributed by atoms with Gasteiger partial charge in [-0.15, -0.1) is 0 Å². The standard InChI is InChI=1S/C25H28ClN3O3/c1-31-21-14-19-20(15-22(21)32-2)27-23(16-4-3-5-16)28-24(19)29-12-10-25(30,11-13-29)17-6-8-18(26)9-7-17/h6-9,14-16,30H,3-5,10-13H2,1-2H3. The van der Waals surface area contributed by atoms with Crippen molar-refractivity contribution >= 4 is 28.3 Å². The van der Waals surface area contributed by atoms with Crippen LogP contribution in [-0.4, -0.2) is 42.4 Å². The number of rotatable bonds is 5. The lowest BCUT2D eigenvalue weighted by Gasteiger charge is -2.39. The zero-order chi connectivity index (χ0) is 22.3. The van der Waals surface area contributed by atoms with Gasteiger partial charge >= 0.3 is 0 Å². The summed E-state index contributed by atoms with van der Waals surface area (Å²) in [6, 6.07) is 11.4. The van der Waals surface area contributed by atoms with E-state index in [-0.39, 0.29) is 0 Å². The Morgan fingerprint density at radius 1 is 1.00 bits per heavy atom. The third kappa shape index (κ3) is 3.76. The fraction of sp³-hybridized carbons (Fsp3) is 0.440. The van der Waals surface area contributed by atoms with Crippen molar-refractivity contribution in [2.24, 2.45) is 0 Å². The fourth-order valence-corrected chi connectivity index (χ4v) is 4.81. The Bertz CT molecular complexity index is 1120. The topological polar surface area (TPSA) is 67.7 Å². The SMILES string of the molecule is COc1cc2nc(C3CCC3)nc(N3CCC(O)(c4ccc(Cl)cc4)CC3)c2cc1OC. The molecule has 0 amide bonds. The molecule has 0 atom stereocenters. The zero-order valence-corrected chi connectivity index (χ0v) is 19.2. The molecule has 2 fully saturated rings. The van der Waals surface area contributed by atoms with Gasteiger partial charge in [0.15, 0.2) is 11.5 Å². The summed E-state index contributed by atoms with van der Waals surface area (Å²) >= 11 is 6.03. The molecule has 0 unspecified atom stereocenters. The van der Waals surface area contributed by atoms with E-state index in [9.17, 15) is 5.11 Å². The number of halogens is 1. The highest BCUT2D eigenvalue weighted by molar-refractivity contribution is 6.30. The second kappa shape index (κ2) is 8.41. The number of ether oxygens (including phenoxy) is 2. The predicted octanol–water partition coefficient (Wildman–Crippen LogP) is 5.06. The molecule has 3 aromatic rings. The Morgan fingerprint density at radius 2 is 1.66 bits per heavy atom. The highest BCUT2D eigenvalue weighted by atomic mass is 35.5. The first-order chi connectivity index (χ1) is 15.5. The second-order valence-corrected chi connectivity index (χ2v) is 9.22. The monoisotopic (exact) mass is 453 g/mol. The quantitative estimate of drug-likeness (QED) is 0.582. The first-order valence-electron chi connectivity index (χ1n) is 11.2. The lowest BCUT2D eigenvalue weighted by molar-refractivity contribution is 0.0117. The summed E-state index contributed by atoms with van der Waals surface area (Å²) in [6.07, 6.45) is 4.73. The molecule has 2 aliphatic rings. The van der Waals surface area contributed by atoms with E-state index in [1.54, 1.807) is 14.2 Å². The number of hydrogen-bond donors (Lipinski definition) is 1. The average Bonchev–Trinajstić information content (AvgIpc) is 2.77. The molecule has 2 aromatic carbocycles. The Kier molecular flexibility index (Phi) is 5.59. The van der Waals surface area contributed by atoms with Gasteiger partial charge in [0.25, 0.3) is 0 Å². The molecule has 1 aliphatic carbocycles. The number of fused-ring (bicyclic) bond motifs is 1. The van der Waals surface area contributed by atoms with Gasteiger partial charge in [-0.2, -0.15) is 0 Å². The van der Waals surface area contributed by atoms with Gasteiger partial charge in [-0.1, -0.05) is 30.2 Å². The smallest absolute Gasteiger partial charge is 0.162 e. The van der Waals surface area contributed by atoms with Crippen LogP contribution < -0.4 is 14.4 Å². The van der Waals surface area contributed by atoms with Gasteiger partial charge in [0.2, 0.25) is 0 Å². The first-order valence-corrected chi connectivity index (χ1v) is 11.6. The van der Waals surface area contributed by atoms with E-state index in [1.165, 1.54) is 6.42 Å². The van der Waals surface area contributed by atoms with Crippen LogP contribution in [0.25, 0.3) is 10.9 Å². The summed E-state index contributed by atoms with van der Waals surface area (Å²) in [5, 5.41) is 12.9. The molecule has 168 valence electrons. The van der Waals surface area contributed by atoms with E-state index in [4.69, 9.17) is 31.0 Å². The van der Waals surface area contributed by atoms with Crippen LogP contribution in [0.4, 0.5) is 5.82 Å². The molecular weight excluding hydrogens is 426 g/mol. The largest absolute Gasteiger partial charge is 0.493 e. The van der Waals surface area contributed by atoms with Gasteiger partial charge in [0.1, 0.15) is 11.6 Å². The average molecular weight is 454 g/mol. The lowest BCUT2D eigenvalue weighted by atomic mass is 9.84. The van der Waals surface area contributed by atoms with Crippen molar-refractivity contribution < 1.29 is 14.6 Å². The molecule has 1 aliphatic heterocycles. The molecule has 32 heavy (non-hydrogen) atoms. The van der Waals surface area contributed by atoms with Crippen molar-refractivity contribution in [3.8, 4) is 11.5 Å². The van der Waals surface area contributed by atoms with Crippen LogP contribution in [0.5, 0.6) is 11.5 Å². The van der Waals surface area contributed by atoms with Crippen molar-refractivity contribution in [3.63, 3.8) is 0 Å². The fourth-order valence-electron chi connectivity index (χ4n) is 4.68. The predicted molar refractivity (Wildman–Crippen MR) is 126 cm³/mol. The minimum absolute atomic E-state index is 0.419. The number of piperidine rings is 1. The molecule has 6 nitrogen and oxygen atoms in total. The summed E-state index contributed by atoms with van der Waals surface area (Å²) < 4.78 is 11.1. The second-order valence-electron chi connectivity index (χ2n) is 8.78. The van der Waals surface area contributed by atoms with Crippen molar-refractivity contribution in [2.75, 3.05) is 32.2 Å². The number of aliphatic hydroxyl groups is 1. The Hall–Kier alpha value is -2.57. The molecular formula is C25H28ClN3O3. The van der Waals surface area contributed by atoms with Crippen molar-refractivity contribution in [2.45, 2.75) is 43.6 Å². The summed E-state index contributed by atoms with van der Waals surface area (Å²) in [5.41, 5.74) is 0.922. The number of nitrogens with zero attached hydrogens (tertiary/aromatic N) is 3. The number of aromatic nitrogens is 2. The van der Waals surface area contributed by atoms with Crippen LogP contribution in [-0.2, 0) is 5.60 Å². The maximum atomic E-state index is 11.3. The van der Waals surface area contributed by atoms with Gasteiger partial charge in [-0.05, 0) is 49.4 Å². The normalized spacial score (nSPS) is 18.4. The van der Waals surface area contributed by atoms with Crippen LogP contribution in [0.2, 0.25) is 5.02 Å². The van der Waals surface area contributed by atoms with E-state index in [1.807, 2.05) is 36.4 Å². The maximum Gasteiger partial charge on any atom is 0.162 e. The minimum atomic E-state index is -0.859. The highest BCUT2D eigenvalue weighted by Gasteiger charge is 2.35. The number of methoxy groups -OCH3 is 2. The molecule has 7 heteroatoms. The van der Waals surface area contributed by atoms with Crippen LogP contribution >= 0.6 is 11.6 Å². The number of anilines is 1. The molecule has 1 N–H and O–H groups in total. The van der Waals surface area contributed by atoms with Crippen LogP contribution in [0, 0.1) is 0 Å². The molecule has 1 saturated carbocycles. The molecule has 1 saturated heterocycles. The molecule has 5 rings (SSSR count). The van der Waals surface area contributed by atoms with Crippen molar-refractivity contribution in [1.29, 1.82) is 0 Å². The minimum Gasteiger partial charge on any atom is -0.493 e. The summed E-state index contributed by atoms with van der Waals surface area (Å²) in [5.74, 6) is 3.57. The summed E-state index contributed by atoms with van der Waals surface area (Å²) in [7, 11) is 3.28. The molecule has 0 radical (unpaired) electrons. The molecule has 2 heterocycles. The van der Waals surface area contributed by atoms with E-state index in [2.05, 4.69) is 4.90 Å². The zero-order valence-electron chi connectivity index (χ0n) is 18.5. The van der Waals surface area contributed by atoms with Crippen LogP contribution in [0.1, 0.15) is 49.4 Å². The molecule has 1 aromatic heterocycles. The summed E-state index contributed by atoms with van der Waals surface area (Å²) in [4.78, 5) is 12.2. The van der Waals surface area contributed by atoms with Crippen molar-refractivity contribution in [1.82, 2.24) is 9.97 Å². The van der Waals surface area contributed by atoms with E-state index in [0.29, 0.717) is 48.4 Å². The first kappa shape index (κ1) is 21.3. The Labute approximate surface area is 193 Å². The Balaban J connectivity index is 1.50. The van der Waals surface area contributed by atoms with Crippen LogP contribution in [0.15, 0.2) is 36.4 Å². The van der Waals surface area contributed by atoms with Crippen molar-refractivity contribution in [3.05, 3.63) is 52.8 Å². The van der Waals surface area contributed by atoms with Gasteiger partial charge in [-0.3, -0.25) is 0 Å². The third-order valence-corrected chi connectivity index (χ3v) is 7.19. The molecule has 0 spiro atoms. The van der Waals surface area contributed by atoms with Gasteiger partial charge in [0, 0.05) is 35.5 Å². The molecule has 0 bridgehead atoms. The summed E-state index contributed by atoms with van der Waals surface area (Å²) in [6.45, 7) is 1.40. The van der Waals surface area contributed by atoms with Gasteiger partial charge in [-0.25, -0.2) is 9.97 Å².